The fraction of sp³-hybridized carbons (Fsp3) is 0.385. The summed E-state index contributed by atoms with van der Waals surface area (Å²) in [6, 6.07) is 7.50. The number of aromatic nitrogens is 4. The molecule has 0 bridgehead atoms. The zero-order chi connectivity index (χ0) is 14.2. The lowest BCUT2D eigenvalue weighted by molar-refractivity contribution is 0.0953. The summed E-state index contributed by atoms with van der Waals surface area (Å²) in [6.07, 6.45) is 2.29. The third kappa shape index (κ3) is 4.13. The molecule has 0 unspecified atom stereocenters. The molecule has 0 saturated heterocycles. The molecule has 7 heteroatoms. The van der Waals surface area contributed by atoms with Gasteiger partial charge in [0, 0.05) is 18.5 Å². The summed E-state index contributed by atoms with van der Waals surface area (Å²) in [7, 11) is 0. The summed E-state index contributed by atoms with van der Waals surface area (Å²) in [5.41, 5.74) is 7.28. The highest BCUT2D eigenvalue weighted by Crippen LogP contribution is 2.04. The fourth-order valence-electron chi connectivity index (χ4n) is 1.83. The smallest absolute Gasteiger partial charge is 0.251 e. The molecule has 1 aromatic carbocycles. The van der Waals surface area contributed by atoms with Crippen LogP contribution in [0.5, 0.6) is 0 Å². The largest absolute Gasteiger partial charge is 0.352 e. The summed E-state index contributed by atoms with van der Waals surface area (Å²) in [5, 5.41) is 16.4. The summed E-state index contributed by atoms with van der Waals surface area (Å²) >= 11 is 0. The Balaban J connectivity index is 1.73. The zero-order valence-electron chi connectivity index (χ0n) is 11.2. The standard InChI is InChI=1S/C13H18N6O/c14-8-7-10-3-5-11(6-4-10)13(20)15-9-1-2-12-16-18-19-17-12/h3-6H,1-2,7-9,14H2,(H,15,20)(H,16,17,18,19). The number of aryl methyl sites for hydroxylation is 1. The molecule has 20 heavy (non-hydrogen) atoms. The molecule has 0 atom stereocenters. The number of hydrogen-bond acceptors (Lipinski definition) is 5. The average molecular weight is 274 g/mol. The van der Waals surface area contributed by atoms with Gasteiger partial charge in [0.05, 0.1) is 0 Å². The van der Waals surface area contributed by atoms with Crippen LogP contribution < -0.4 is 11.1 Å². The van der Waals surface area contributed by atoms with Gasteiger partial charge in [-0.05, 0) is 37.1 Å². The molecule has 1 amide bonds. The number of carbonyl (C=O) groups excluding carboxylic acids is 1. The van der Waals surface area contributed by atoms with E-state index >= 15 is 0 Å². The van der Waals surface area contributed by atoms with E-state index in [9.17, 15) is 4.79 Å². The highest BCUT2D eigenvalue weighted by molar-refractivity contribution is 5.94. The van der Waals surface area contributed by atoms with Crippen LogP contribution in [-0.2, 0) is 12.8 Å². The Kier molecular flexibility index (Phi) is 5.19. The Hall–Kier alpha value is -2.28. The van der Waals surface area contributed by atoms with E-state index in [4.69, 9.17) is 5.73 Å². The average Bonchev–Trinajstić information content (AvgIpc) is 2.98. The molecule has 0 spiro atoms. The van der Waals surface area contributed by atoms with Crippen LogP contribution in [0.15, 0.2) is 24.3 Å². The van der Waals surface area contributed by atoms with Crippen molar-refractivity contribution in [3.05, 3.63) is 41.2 Å². The topological polar surface area (TPSA) is 110 Å². The first kappa shape index (κ1) is 14.1. The predicted octanol–water partition coefficient (Wildman–Crippen LogP) is 0.0635. The van der Waals surface area contributed by atoms with Gasteiger partial charge in [-0.25, -0.2) is 0 Å². The highest BCUT2D eigenvalue weighted by Gasteiger charge is 2.05. The monoisotopic (exact) mass is 274 g/mol. The van der Waals surface area contributed by atoms with E-state index in [-0.39, 0.29) is 5.91 Å². The maximum Gasteiger partial charge on any atom is 0.251 e. The lowest BCUT2D eigenvalue weighted by Crippen LogP contribution is -2.24. The van der Waals surface area contributed by atoms with Crippen molar-refractivity contribution in [1.82, 2.24) is 25.9 Å². The second kappa shape index (κ2) is 7.34. The number of aromatic amines is 1. The molecule has 1 heterocycles. The summed E-state index contributed by atoms with van der Waals surface area (Å²) < 4.78 is 0. The van der Waals surface area contributed by atoms with Crippen LogP contribution in [0.3, 0.4) is 0 Å². The number of carbonyl (C=O) groups is 1. The van der Waals surface area contributed by atoms with Crippen molar-refractivity contribution >= 4 is 5.91 Å². The number of H-pyrrole nitrogens is 1. The van der Waals surface area contributed by atoms with E-state index in [2.05, 4.69) is 25.9 Å². The van der Waals surface area contributed by atoms with Crippen molar-refractivity contribution in [3.8, 4) is 0 Å². The van der Waals surface area contributed by atoms with Gasteiger partial charge < -0.3 is 11.1 Å². The van der Waals surface area contributed by atoms with Gasteiger partial charge in [0.2, 0.25) is 0 Å². The second-order valence-corrected chi connectivity index (χ2v) is 4.42. The molecule has 4 N–H and O–H groups in total. The first-order valence-corrected chi connectivity index (χ1v) is 6.59. The first-order valence-electron chi connectivity index (χ1n) is 6.59. The molecule has 0 aliphatic carbocycles. The molecule has 0 aliphatic rings. The van der Waals surface area contributed by atoms with Crippen LogP contribution in [0.1, 0.15) is 28.2 Å². The molecular weight excluding hydrogens is 256 g/mol. The van der Waals surface area contributed by atoms with Crippen molar-refractivity contribution < 1.29 is 4.79 Å². The van der Waals surface area contributed by atoms with Gasteiger partial charge in [-0.3, -0.25) is 4.79 Å². The summed E-state index contributed by atoms with van der Waals surface area (Å²) in [6.45, 7) is 1.19. The van der Waals surface area contributed by atoms with Crippen molar-refractivity contribution in [3.63, 3.8) is 0 Å². The SMILES string of the molecule is NCCc1ccc(C(=O)NCCCc2nn[nH]n2)cc1. The minimum Gasteiger partial charge on any atom is -0.352 e. The normalized spacial score (nSPS) is 10.4. The van der Waals surface area contributed by atoms with Crippen molar-refractivity contribution in [2.24, 2.45) is 5.73 Å². The Labute approximate surface area is 117 Å². The minimum atomic E-state index is -0.0718. The van der Waals surface area contributed by atoms with E-state index in [0.29, 0.717) is 30.9 Å². The molecule has 2 rings (SSSR count). The molecule has 2 aromatic rings. The Morgan fingerprint density at radius 2 is 2.05 bits per heavy atom. The van der Waals surface area contributed by atoms with Crippen LogP contribution >= 0.6 is 0 Å². The predicted molar refractivity (Wildman–Crippen MR) is 74.0 cm³/mol. The quantitative estimate of drug-likeness (QED) is 0.619. The molecule has 0 aliphatic heterocycles. The van der Waals surface area contributed by atoms with Gasteiger partial charge in [0.1, 0.15) is 0 Å². The molecule has 0 radical (unpaired) electrons. The van der Waals surface area contributed by atoms with Crippen molar-refractivity contribution in [2.45, 2.75) is 19.3 Å². The molecule has 1 aromatic heterocycles. The second-order valence-electron chi connectivity index (χ2n) is 4.42. The first-order chi connectivity index (χ1) is 9.79. The van der Waals surface area contributed by atoms with Gasteiger partial charge in [-0.1, -0.05) is 17.3 Å². The lowest BCUT2D eigenvalue weighted by Gasteiger charge is -2.05. The third-order valence-electron chi connectivity index (χ3n) is 2.90. The number of nitrogens with one attached hydrogen (secondary N) is 2. The van der Waals surface area contributed by atoms with E-state index in [1.165, 1.54) is 0 Å². The van der Waals surface area contributed by atoms with Crippen LogP contribution in [0.4, 0.5) is 0 Å². The molecule has 106 valence electrons. The van der Waals surface area contributed by atoms with Crippen LogP contribution in [0, 0.1) is 0 Å². The van der Waals surface area contributed by atoms with E-state index in [1.807, 2.05) is 24.3 Å². The maximum absolute atomic E-state index is 11.9. The van der Waals surface area contributed by atoms with Crippen LogP contribution in [0.2, 0.25) is 0 Å². The third-order valence-corrected chi connectivity index (χ3v) is 2.90. The van der Waals surface area contributed by atoms with Crippen molar-refractivity contribution in [2.75, 3.05) is 13.1 Å². The number of amides is 1. The van der Waals surface area contributed by atoms with Gasteiger partial charge in [-0.15, -0.1) is 10.2 Å². The zero-order valence-corrected chi connectivity index (χ0v) is 11.2. The Bertz CT molecular complexity index is 522. The van der Waals surface area contributed by atoms with E-state index < -0.39 is 0 Å². The molecule has 0 saturated carbocycles. The van der Waals surface area contributed by atoms with Crippen LogP contribution in [-0.4, -0.2) is 39.6 Å². The lowest BCUT2D eigenvalue weighted by atomic mass is 10.1. The molecule has 7 nitrogen and oxygen atoms in total. The minimum absolute atomic E-state index is 0.0718. The maximum atomic E-state index is 11.9. The van der Waals surface area contributed by atoms with Gasteiger partial charge in [0.15, 0.2) is 5.82 Å². The van der Waals surface area contributed by atoms with Gasteiger partial charge in [0.25, 0.3) is 5.91 Å². The number of rotatable bonds is 7. The van der Waals surface area contributed by atoms with Gasteiger partial charge in [-0.2, -0.15) is 5.21 Å². The number of nitrogens with zero attached hydrogens (tertiary/aromatic N) is 3. The van der Waals surface area contributed by atoms with Crippen LogP contribution in [0.25, 0.3) is 0 Å². The number of benzene rings is 1. The van der Waals surface area contributed by atoms with Crippen molar-refractivity contribution in [1.29, 1.82) is 0 Å². The Morgan fingerprint density at radius 1 is 1.25 bits per heavy atom. The summed E-state index contributed by atoms with van der Waals surface area (Å²) in [4.78, 5) is 11.9. The fourth-order valence-corrected chi connectivity index (χ4v) is 1.83. The van der Waals surface area contributed by atoms with E-state index in [0.717, 1.165) is 18.4 Å². The molecule has 0 fully saturated rings. The highest BCUT2D eigenvalue weighted by atomic mass is 16.1. The number of hydrogen-bond donors (Lipinski definition) is 3. The summed E-state index contributed by atoms with van der Waals surface area (Å²) in [5.74, 6) is 0.586. The van der Waals surface area contributed by atoms with Gasteiger partial charge >= 0.3 is 0 Å². The number of nitrogens with two attached hydrogens (primary N) is 1. The number of tetrazole rings is 1. The van der Waals surface area contributed by atoms with E-state index in [1.54, 1.807) is 0 Å². The Morgan fingerprint density at radius 3 is 2.70 bits per heavy atom. The molecular formula is C13H18N6O.